The van der Waals surface area contributed by atoms with Gasteiger partial charge in [0.25, 0.3) is 0 Å². The molecular formula is C33H33NO4. The minimum absolute atomic E-state index is 0.175. The molecule has 0 N–H and O–H groups in total. The van der Waals surface area contributed by atoms with Crippen LogP contribution in [0.1, 0.15) is 89.9 Å². The van der Waals surface area contributed by atoms with Crippen molar-refractivity contribution in [1.29, 1.82) is 0 Å². The predicted molar refractivity (Wildman–Crippen MR) is 146 cm³/mol. The topological polar surface area (TPSA) is 63.7 Å². The molecule has 0 spiro atoms. The summed E-state index contributed by atoms with van der Waals surface area (Å²) in [7, 11) is 0. The number of benzene rings is 3. The lowest BCUT2D eigenvalue weighted by Crippen LogP contribution is -2.41. The molecule has 4 aliphatic rings. The number of rotatable bonds is 9. The number of anilines is 1. The van der Waals surface area contributed by atoms with Crippen LogP contribution in [0.4, 0.5) is 5.69 Å². The molecule has 0 saturated carbocycles. The van der Waals surface area contributed by atoms with Gasteiger partial charge in [0.05, 0.1) is 29.7 Å². The lowest BCUT2D eigenvalue weighted by atomic mass is 9.55. The van der Waals surface area contributed by atoms with Gasteiger partial charge >= 0.3 is 5.97 Å². The van der Waals surface area contributed by atoms with E-state index in [1.165, 1.54) is 24.2 Å². The number of nitrogens with zero attached hydrogens (tertiary/aromatic N) is 1. The Balaban J connectivity index is 1.28. The molecule has 1 saturated heterocycles. The maximum atomic E-state index is 14.1. The summed E-state index contributed by atoms with van der Waals surface area (Å²) >= 11 is 0. The number of amides is 2. The highest BCUT2D eigenvalue weighted by atomic mass is 16.5. The lowest BCUT2D eigenvalue weighted by Gasteiger charge is -2.45. The Hall–Kier alpha value is -3.73. The lowest BCUT2D eigenvalue weighted by molar-refractivity contribution is -0.122. The van der Waals surface area contributed by atoms with Gasteiger partial charge < -0.3 is 4.74 Å². The molecule has 194 valence electrons. The van der Waals surface area contributed by atoms with Crippen LogP contribution in [0, 0.1) is 11.8 Å². The highest BCUT2D eigenvalue weighted by Crippen LogP contribution is 2.61. The maximum absolute atomic E-state index is 14.1. The van der Waals surface area contributed by atoms with E-state index in [9.17, 15) is 14.4 Å². The zero-order valence-electron chi connectivity index (χ0n) is 21.8. The third-order valence-corrected chi connectivity index (χ3v) is 8.54. The van der Waals surface area contributed by atoms with Gasteiger partial charge in [-0.1, -0.05) is 99.7 Å². The van der Waals surface area contributed by atoms with E-state index in [2.05, 4.69) is 31.2 Å². The Morgan fingerprint density at radius 3 is 1.71 bits per heavy atom. The second kappa shape index (κ2) is 10.2. The number of carbonyl (C=O) groups excluding carboxylic acids is 3. The second-order valence-corrected chi connectivity index (χ2v) is 10.7. The van der Waals surface area contributed by atoms with Crippen LogP contribution < -0.4 is 4.90 Å². The Bertz CT molecular complexity index is 1280. The molecule has 0 aromatic heterocycles. The van der Waals surface area contributed by atoms with Crippen molar-refractivity contribution >= 4 is 23.5 Å². The van der Waals surface area contributed by atoms with Crippen LogP contribution in [0.3, 0.4) is 0 Å². The molecule has 0 radical (unpaired) electrons. The first kappa shape index (κ1) is 24.6. The van der Waals surface area contributed by atoms with Crippen LogP contribution in [-0.4, -0.2) is 24.4 Å². The zero-order chi connectivity index (χ0) is 26.2. The van der Waals surface area contributed by atoms with Crippen molar-refractivity contribution in [2.24, 2.45) is 11.8 Å². The van der Waals surface area contributed by atoms with E-state index in [-0.39, 0.29) is 29.2 Å². The van der Waals surface area contributed by atoms with E-state index < -0.39 is 17.8 Å². The smallest absolute Gasteiger partial charge is 0.340 e. The number of esters is 1. The molecule has 3 aromatic carbocycles. The van der Waals surface area contributed by atoms with Gasteiger partial charge in [0.15, 0.2) is 0 Å². The van der Waals surface area contributed by atoms with Crippen molar-refractivity contribution < 1.29 is 19.1 Å². The predicted octanol–water partition coefficient (Wildman–Crippen LogP) is 6.60. The summed E-state index contributed by atoms with van der Waals surface area (Å²) in [5.74, 6) is -2.25. The normalized spacial score (nSPS) is 22.7. The molecule has 3 aliphatic carbocycles. The van der Waals surface area contributed by atoms with Gasteiger partial charge in [-0.15, -0.1) is 0 Å². The number of unbranched alkanes of at least 4 members (excludes halogenated alkanes) is 5. The molecule has 5 heteroatoms. The molecular weight excluding hydrogens is 474 g/mol. The standard InChI is InChI=1S/C33H33NO4/c1-2-3-4-5-6-13-20-38-33(37)25-18-11-12-19-26(25)34-31(35)29-27-21-14-7-8-15-22(21)28(30(29)32(34)36)24-17-10-9-16-23(24)27/h7-12,14-19,27-30H,2-6,13,20H2,1H3/t27?,28?,29-,30-/m0/s1. The summed E-state index contributed by atoms with van der Waals surface area (Å²) in [6.07, 6.45) is 6.58. The van der Waals surface area contributed by atoms with Gasteiger partial charge in [0.2, 0.25) is 11.8 Å². The average Bonchev–Trinajstić information content (AvgIpc) is 3.22. The summed E-state index contributed by atoms with van der Waals surface area (Å²) in [5, 5.41) is 0. The summed E-state index contributed by atoms with van der Waals surface area (Å²) in [4.78, 5) is 42.5. The number of ether oxygens (including phenoxy) is 1. The molecule has 1 aliphatic heterocycles. The van der Waals surface area contributed by atoms with Gasteiger partial charge in [-0.05, 0) is 40.8 Å². The van der Waals surface area contributed by atoms with E-state index in [0.29, 0.717) is 12.3 Å². The van der Waals surface area contributed by atoms with Gasteiger partial charge in [0, 0.05) is 11.8 Å². The van der Waals surface area contributed by atoms with E-state index in [4.69, 9.17) is 4.74 Å². The molecule has 1 fully saturated rings. The first-order chi connectivity index (χ1) is 18.6. The third kappa shape index (κ3) is 3.87. The van der Waals surface area contributed by atoms with E-state index in [1.807, 2.05) is 24.3 Å². The van der Waals surface area contributed by atoms with Crippen molar-refractivity contribution in [1.82, 2.24) is 0 Å². The fourth-order valence-electron chi connectivity index (χ4n) is 6.88. The van der Waals surface area contributed by atoms with Crippen LogP contribution in [0.5, 0.6) is 0 Å². The van der Waals surface area contributed by atoms with Gasteiger partial charge in [0.1, 0.15) is 0 Å². The summed E-state index contributed by atoms with van der Waals surface area (Å²) < 4.78 is 5.59. The van der Waals surface area contributed by atoms with Crippen molar-refractivity contribution in [3.63, 3.8) is 0 Å². The van der Waals surface area contributed by atoms with Crippen molar-refractivity contribution in [2.75, 3.05) is 11.5 Å². The van der Waals surface area contributed by atoms with Gasteiger partial charge in [-0.25, -0.2) is 9.69 Å². The number of carbonyl (C=O) groups is 3. The van der Waals surface area contributed by atoms with Crippen molar-refractivity contribution in [2.45, 2.75) is 57.3 Å². The van der Waals surface area contributed by atoms with Gasteiger partial charge in [-0.3, -0.25) is 9.59 Å². The Morgan fingerprint density at radius 1 is 0.684 bits per heavy atom. The molecule has 0 unspecified atom stereocenters. The molecule has 7 rings (SSSR count). The number of hydrogen-bond acceptors (Lipinski definition) is 4. The highest BCUT2D eigenvalue weighted by molar-refractivity contribution is 6.25. The van der Waals surface area contributed by atoms with Crippen LogP contribution >= 0.6 is 0 Å². The minimum atomic E-state index is -0.487. The van der Waals surface area contributed by atoms with Crippen LogP contribution in [0.25, 0.3) is 0 Å². The highest BCUT2D eigenvalue weighted by Gasteiger charge is 2.62. The molecule has 5 nitrogen and oxygen atoms in total. The maximum Gasteiger partial charge on any atom is 0.340 e. The molecule has 3 aromatic rings. The number of imide groups is 1. The molecule has 2 amide bonds. The average molecular weight is 508 g/mol. The Morgan fingerprint density at radius 2 is 1.16 bits per heavy atom. The third-order valence-electron chi connectivity index (χ3n) is 8.54. The van der Waals surface area contributed by atoms with Crippen molar-refractivity contribution in [3.8, 4) is 0 Å². The van der Waals surface area contributed by atoms with Crippen molar-refractivity contribution in [3.05, 3.63) is 101 Å². The molecule has 2 atom stereocenters. The van der Waals surface area contributed by atoms with E-state index in [1.54, 1.807) is 24.3 Å². The fourth-order valence-corrected chi connectivity index (χ4v) is 6.88. The van der Waals surface area contributed by atoms with Gasteiger partial charge in [-0.2, -0.15) is 0 Å². The molecule has 38 heavy (non-hydrogen) atoms. The number of para-hydroxylation sites is 1. The SMILES string of the molecule is CCCCCCCCOC(=O)c1ccccc1N1C(=O)[C@H]2C3c4ccccc4C(c4ccccc43)[C@@H]2C1=O. The largest absolute Gasteiger partial charge is 0.462 e. The van der Waals surface area contributed by atoms with Crippen LogP contribution in [0.15, 0.2) is 72.8 Å². The zero-order valence-corrected chi connectivity index (χ0v) is 21.8. The quantitative estimate of drug-likeness (QED) is 0.186. The molecule has 1 heterocycles. The number of hydrogen-bond donors (Lipinski definition) is 0. The fraction of sp³-hybridized carbons (Fsp3) is 0.364. The monoisotopic (exact) mass is 507 g/mol. The summed E-state index contributed by atoms with van der Waals surface area (Å²) in [6, 6.07) is 23.2. The Labute approximate surface area is 223 Å². The first-order valence-corrected chi connectivity index (χ1v) is 13.9. The van der Waals surface area contributed by atoms with E-state index >= 15 is 0 Å². The summed E-state index contributed by atoms with van der Waals surface area (Å²) in [6.45, 7) is 2.52. The van der Waals surface area contributed by atoms with E-state index in [0.717, 1.165) is 41.5 Å². The second-order valence-electron chi connectivity index (χ2n) is 10.7. The molecule has 2 bridgehead atoms. The minimum Gasteiger partial charge on any atom is -0.462 e. The van der Waals surface area contributed by atoms with Crippen LogP contribution in [0.2, 0.25) is 0 Å². The summed E-state index contributed by atoms with van der Waals surface area (Å²) in [5.41, 5.74) is 5.12. The Kier molecular flexibility index (Phi) is 6.61. The van der Waals surface area contributed by atoms with Crippen LogP contribution in [-0.2, 0) is 14.3 Å². The first-order valence-electron chi connectivity index (χ1n) is 13.9.